The Morgan fingerprint density at radius 3 is 2.71 bits per heavy atom. The summed E-state index contributed by atoms with van der Waals surface area (Å²) in [5.74, 6) is 0.681. The number of carbonyl (C=O) groups excluding carboxylic acids is 1. The van der Waals surface area contributed by atoms with Gasteiger partial charge in [-0.2, -0.15) is 0 Å². The molecule has 0 unspecified atom stereocenters. The lowest BCUT2D eigenvalue weighted by molar-refractivity contribution is 0.102. The van der Waals surface area contributed by atoms with Crippen LogP contribution in [0.15, 0.2) is 65.1 Å². The maximum Gasteiger partial charge on any atom is 0.259 e. The number of fused-ring (bicyclic) bond motifs is 1. The standard InChI is InChI=1S/C22H17ClN2O3/c1-13-5-3-4-6-16(13)22-25-18-12-15(8-10-20(18)28-22)24-21(26)17-11-14(23)7-9-19(17)27-2/h3-12H,1-2H3,(H,24,26). The van der Waals surface area contributed by atoms with Gasteiger partial charge in [0, 0.05) is 16.3 Å². The molecule has 4 rings (SSSR count). The number of nitrogens with one attached hydrogen (secondary N) is 1. The van der Waals surface area contributed by atoms with E-state index in [0.717, 1.165) is 11.1 Å². The van der Waals surface area contributed by atoms with Gasteiger partial charge in [0.2, 0.25) is 5.89 Å². The van der Waals surface area contributed by atoms with Crippen molar-refractivity contribution in [3.8, 4) is 17.2 Å². The molecule has 1 N–H and O–H groups in total. The van der Waals surface area contributed by atoms with E-state index < -0.39 is 0 Å². The lowest BCUT2D eigenvalue weighted by Crippen LogP contribution is -2.13. The summed E-state index contributed by atoms with van der Waals surface area (Å²) in [4.78, 5) is 17.2. The Hall–Kier alpha value is -3.31. The number of aryl methyl sites for hydroxylation is 1. The second-order valence-electron chi connectivity index (χ2n) is 6.32. The minimum atomic E-state index is -0.318. The Morgan fingerprint density at radius 1 is 1.11 bits per heavy atom. The molecule has 3 aromatic carbocycles. The fourth-order valence-corrected chi connectivity index (χ4v) is 3.16. The van der Waals surface area contributed by atoms with Gasteiger partial charge in [0.05, 0.1) is 12.7 Å². The zero-order valence-corrected chi connectivity index (χ0v) is 16.1. The first-order valence-corrected chi connectivity index (χ1v) is 9.04. The molecule has 0 radical (unpaired) electrons. The minimum absolute atomic E-state index is 0.318. The number of anilines is 1. The summed E-state index contributed by atoms with van der Waals surface area (Å²) in [7, 11) is 1.51. The van der Waals surface area contributed by atoms with Crippen LogP contribution in [0.2, 0.25) is 5.02 Å². The van der Waals surface area contributed by atoms with E-state index in [4.69, 9.17) is 20.8 Å². The highest BCUT2D eigenvalue weighted by Gasteiger charge is 2.15. The monoisotopic (exact) mass is 392 g/mol. The summed E-state index contributed by atoms with van der Waals surface area (Å²) in [6.07, 6.45) is 0. The number of rotatable bonds is 4. The Morgan fingerprint density at radius 2 is 1.93 bits per heavy atom. The second-order valence-corrected chi connectivity index (χ2v) is 6.75. The summed E-state index contributed by atoms with van der Waals surface area (Å²) < 4.78 is 11.1. The van der Waals surface area contributed by atoms with Crippen LogP contribution in [0.25, 0.3) is 22.6 Å². The Balaban J connectivity index is 1.65. The third kappa shape index (κ3) is 3.44. The lowest BCUT2D eigenvalue weighted by Gasteiger charge is -2.09. The van der Waals surface area contributed by atoms with E-state index in [1.54, 1.807) is 36.4 Å². The average molecular weight is 393 g/mol. The Labute approximate surface area is 166 Å². The number of halogens is 1. The number of methoxy groups -OCH3 is 1. The van der Waals surface area contributed by atoms with Crippen LogP contribution in [0, 0.1) is 6.92 Å². The molecule has 0 aliphatic rings. The molecule has 0 bridgehead atoms. The SMILES string of the molecule is COc1ccc(Cl)cc1C(=O)Nc1ccc2oc(-c3ccccc3C)nc2c1. The molecule has 5 nitrogen and oxygen atoms in total. The molecular formula is C22H17ClN2O3. The van der Waals surface area contributed by atoms with Gasteiger partial charge in [0.15, 0.2) is 5.58 Å². The molecule has 0 saturated heterocycles. The lowest BCUT2D eigenvalue weighted by atomic mass is 10.1. The maximum atomic E-state index is 12.7. The van der Waals surface area contributed by atoms with Crippen LogP contribution < -0.4 is 10.1 Å². The number of amides is 1. The van der Waals surface area contributed by atoms with Crippen molar-refractivity contribution in [2.24, 2.45) is 0 Å². The van der Waals surface area contributed by atoms with Crippen LogP contribution in [-0.4, -0.2) is 18.0 Å². The molecule has 0 atom stereocenters. The smallest absolute Gasteiger partial charge is 0.259 e. The molecule has 0 saturated carbocycles. The summed E-state index contributed by atoms with van der Waals surface area (Å²) in [5, 5.41) is 3.31. The number of ether oxygens (including phenoxy) is 1. The topological polar surface area (TPSA) is 64.4 Å². The summed E-state index contributed by atoms with van der Waals surface area (Å²) in [5.41, 5.74) is 4.29. The highest BCUT2D eigenvalue weighted by molar-refractivity contribution is 6.31. The summed E-state index contributed by atoms with van der Waals surface area (Å²) in [6.45, 7) is 2.01. The van der Waals surface area contributed by atoms with Gasteiger partial charge in [0.1, 0.15) is 11.3 Å². The maximum absolute atomic E-state index is 12.7. The van der Waals surface area contributed by atoms with Crippen molar-refractivity contribution in [3.63, 3.8) is 0 Å². The van der Waals surface area contributed by atoms with Crippen molar-refractivity contribution in [2.75, 3.05) is 12.4 Å². The van der Waals surface area contributed by atoms with E-state index in [9.17, 15) is 4.79 Å². The fraction of sp³-hybridized carbons (Fsp3) is 0.0909. The van der Waals surface area contributed by atoms with Crippen LogP contribution in [0.3, 0.4) is 0 Å². The van der Waals surface area contributed by atoms with Crippen molar-refractivity contribution in [1.82, 2.24) is 4.98 Å². The average Bonchev–Trinajstić information content (AvgIpc) is 3.11. The van der Waals surface area contributed by atoms with E-state index in [0.29, 0.717) is 39.0 Å². The van der Waals surface area contributed by atoms with Crippen LogP contribution in [-0.2, 0) is 0 Å². The molecule has 1 heterocycles. The molecule has 0 fully saturated rings. The van der Waals surface area contributed by atoms with Crippen LogP contribution in [0.1, 0.15) is 15.9 Å². The quantitative estimate of drug-likeness (QED) is 0.482. The van der Waals surface area contributed by atoms with Gasteiger partial charge in [-0.25, -0.2) is 4.98 Å². The van der Waals surface area contributed by atoms with Gasteiger partial charge in [0.25, 0.3) is 5.91 Å². The zero-order chi connectivity index (χ0) is 19.7. The first-order valence-electron chi connectivity index (χ1n) is 8.66. The van der Waals surface area contributed by atoms with E-state index in [1.807, 2.05) is 31.2 Å². The predicted molar refractivity (Wildman–Crippen MR) is 110 cm³/mol. The van der Waals surface area contributed by atoms with Gasteiger partial charge in [-0.3, -0.25) is 4.79 Å². The van der Waals surface area contributed by atoms with Gasteiger partial charge in [-0.1, -0.05) is 29.8 Å². The second kappa shape index (κ2) is 7.37. The number of aromatic nitrogens is 1. The highest BCUT2D eigenvalue weighted by atomic mass is 35.5. The van der Waals surface area contributed by atoms with Gasteiger partial charge in [-0.15, -0.1) is 0 Å². The molecule has 1 amide bonds. The molecule has 6 heteroatoms. The molecule has 0 aliphatic carbocycles. The first kappa shape index (κ1) is 18.1. The molecular weight excluding hydrogens is 376 g/mol. The number of benzene rings is 3. The molecule has 0 aliphatic heterocycles. The first-order chi connectivity index (χ1) is 13.5. The third-order valence-electron chi connectivity index (χ3n) is 4.43. The van der Waals surface area contributed by atoms with Crippen LogP contribution in [0.5, 0.6) is 5.75 Å². The Bertz CT molecular complexity index is 1180. The predicted octanol–water partition coefficient (Wildman–Crippen LogP) is 5.72. The molecule has 140 valence electrons. The van der Waals surface area contributed by atoms with Crippen molar-refractivity contribution >= 4 is 34.3 Å². The van der Waals surface area contributed by atoms with Gasteiger partial charge in [-0.05, 0) is 55.0 Å². The molecule has 4 aromatic rings. The van der Waals surface area contributed by atoms with Crippen LogP contribution >= 0.6 is 11.6 Å². The number of hydrogen-bond donors (Lipinski definition) is 1. The zero-order valence-electron chi connectivity index (χ0n) is 15.3. The summed E-state index contributed by atoms with van der Waals surface area (Å²) >= 11 is 6.01. The van der Waals surface area contributed by atoms with Crippen LogP contribution in [0.4, 0.5) is 5.69 Å². The van der Waals surface area contributed by atoms with Crippen molar-refractivity contribution < 1.29 is 13.9 Å². The van der Waals surface area contributed by atoms with E-state index in [1.165, 1.54) is 7.11 Å². The third-order valence-corrected chi connectivity index (χ3v) is 4.66. The van der Waals surface area contributed by atoms with E-state index in [-0.39, 0.29) is 5.91 Å². The largest absolute Gasteiger partial charge is 0.496 e. The number of nitrogens with zero attached hydrogens (tertiary/aromatic N) is 1. The van der Waals surface area contributed by atoms with Gasteiger partial charge < -0.3 is 14.5 Å². The highest BCUT2D eigenvalue weighted by Crippen LogP contribution is 2.29. The number of carbonyl (C=O) groups is 1. The summed E-state index contributed by atoms with van der Waals surface area (Å²) in [6, 6.07) is 18.1. The molecule has 0 spiro atoms. The van der Waals surface area contributed by atoms with E-state index >= 15 is 0 Å². The molecule has 1 aromatic heterocycles. The van der Waals surface area contributed by atoms with E-state index in [2.05, 4.69) is 10.3 Å². The molecule has 28 heavy (non-hydrogen) atoms. The van der Waals surface area contributed by atoms with Crippen molar-refractivity contribution in [1.29, 1.82) is 0 Å². The Kier molecular flexibility index (Phi) is 4.75. The fourth-order valence-electron chi connectivity index (χ4n) is 2.99. The normalized spacial score (nSPS) is 10.8. The minimum Gasteiger partial charge on any atom is -0.496 e. The number of hydrogen-bond acceptors (Lipinski definition) is 4. The number of oxazole rings is 1. The van der Waals surface area contributed by atoms with Crippen molar-refractivity contribution in [3.05, 3.63) is 76.8 Å². The van der Waals surface area contributed by atoms with Gasteiger partial charge >= 0.3 is 0 Å². The van der Waals surface area contributed by atoms with Crippen molar-refractivity contribution in [2.45, 2.75) is 6.92 Å².